The largest absolute Gasteiger partial charge is 0.417 e. The van der Waals surface area contributed by atoms with Crippen LogP contribution < -0.4 is 5.32 Å². The van der Waals surface area contributed by atoms with Crippen LogP contribution in [0.2, 0.25) is 0 Å². The smallest absolute Gasteiger partial charge is 0.384 e. The van der Waals surface area contributed by atoms with Crippen LogP contribution in [0.5, 0.6) is 0 Å². The molecular formula is C15H17F3N2. The van der Waals surface area contributed by atoms with Gasteiger partial charge in [-0.25, -0.2) is 0 Å². The van der Waals surface area contributed by atoms with E-state index < -0.39 is 11.7 Å². The van der Waals surface area contributed by atoms with Crippen molar-refractivity contribution >= 4 is 5.69 Å². The summed E-state index contributed by atoms with van der Waals surface area (Å²) >= 11 is 0. The van der Waals surface area contributed by atoms with Crippen molar-refractivity contribution in [3.05, 3.63) is 29.3 Å². The molecule has 20 heavy (non-hydrogen) atoms. The molecular weight excluding hydrogens is 265 g/mol. The van der Waals surface area contributed by atoms with Crippen molar-refractivity contribution in [3.8, 4) is 6.07 Å². The lowest BCUT2D eigenvalue weighted by Gasteiger charge is -2.17. The second-order valence-corrected chi connectivity index (χ2v) is 5.47. The Hall–Kier alpha value is -1.70. The first-order chi connectivity index (χ1) is 9.40. The van der Waals surface area contributed by atoms with Crippen molar-refractivity contribution in [1.82, 2.24) is 0 Å². The Bertz CT molecular complexity index is 525. The summed E-state index contributed by atoms with van der Waals surface area (Å²) in [5.74, 6) is 0. The summed E-state index contributed by atoms with van der Waals surface area (Å²) in [6, 6.07) is 5.38. The van der Waals surface area contributed by atoms with Crippen LogP contribution >= 0.6 is 0 Å². The van der Waals surface area contributed by atoms with E-state index >= 15 is 0 Å². The van der Waals surface area contributed by atoms with Gasteiger partial charge in [0.25, 0.3) is 0 Å². The predicted octanol–water partition coefficient (Wildman–Crippen LogP) is 4.57. The molecule has 108 valence electrons. The molecule has 0 unspecified atom stereocenters. The zero-order chi connectivity index (χ0) is 14.8. The van der Waals surface area contributed by atoms with Crippen LogP contribution in [0, 0.1) is 16.7 Å². The molecule has 1 saturated carbocycles. The quantitative estimate of drug-likeness (QED) is 0.858. The molecule has 1 fully saturated rings. The van der Waals surface area contributed by atoms with Crippen LogP contribution in [0.1, 0.15) is 43.7 Å². The molecule has 1 aliphatic rings. The van der Waals surface area contributed by atoms with E-state index in [0.29, 0.717) is 12.2 Å². The third-order valence-electron chi connectivity index (χ3n) is 3.85. The highest BCUT2D eigenvalue weighted by molar-refractivity contribution is 5.53. The molecule has 0 aliphatic heterocycles. The van der Waals surface area contributed by atoms with Crippen LogP contribution in [0.4, 0.5) is 18.9 Å². The lowest BCUT2D eigenvalue weighted by molar-refractivity contribution is -0.137. The Kier molecular flexibility index (Phi) is 3.94. The van der Waals surface area contributed by atoms with E-state index in [4.69, 9.17) is 5.26 Å². The SMILES string of the molecule is CCCC1(CNc2ccc(C#N)c(C(F)(F)F)c2)CC1. The Morgan fingerprint density at radius 2 is 2.05 bits per heavy atom. The van der Waals surface area contributed by atoms with Crippen LogP contribution in [0.15, 0.2) is 18.2 Å². The molecule has 0 atom stereocenters. The third-order valence-corrected chi connectivity index (χ3v) is 3.85. The highest BCUT2D eigenvalue weighted by atomic mass is 19.4. The van der Waals surface area contributed by atoms with E-state index in [2.05, 4.69) is 12.2 Å². The summed E-state index contributed by atoms with van der Waals surface area (Å²) < 4.78 is 38.5. The second kappa shape index (κ2) is 5.35. The maximum atomic E-state index is 12.8. The summed E-state index contributed by atoms with van der Waals surface area (Å²) in [5, 5.41) is 11.8. The third kappa shape index (κ3) is 3.24. The van der Waals surface area contributed by atoms with Crippen LogP contribution in [0.25, 0.3) is 0 Å². The fourth-order valence-electron chi connectivity index (χ4n) is 2.50. The number of hydrogen-bond acceptors (Lipinski definition) is 2. The monoisotopic (exact) mass is 282 g/mol. The van der Waals surface area contributed by atoms with Gasteiger partial charge in [-0.1, -0.05) is 13.3 Å². The Morgan fingerprint density at radius 3 is 2.55 bits per heavy atom. The maximum absolute atomic E-state index is 12.8. The minimum atomic E-state index is -4.50. The molecule has 1 aromatic rings. The summed E-state index contributed by atoms with van der Waals surface area (Å²) in [6.45, 7) is 2.81. The topological polar surface area (TPSA) is 35.8 Å². The molecule has 0 heterocycles. The lowest BCUT2D eigenvalue weighted by atomic mass is 10.0. The average Bonchev–Trinajstić information content (AvgIpc) is 3.16. The van der Waals surface area contributed by atoms with Gasteiger partial charge in [-0.3, -0.25) is 0 Å². The van der Waals surface area contributed by atoms with E-state index in [0.717, 1.165) is 31.7 Å². The predicted molar refractivity (Wildman–Crippen MR) is 71.2 cm³/mol. The highest BCUT2D eigenvalue weighted by Gasteiger charge is 2.41. The molecule has 1 N–H and O–H groups in total. The Balaban J connectivity index is 2.12. The number of hydrogen-bond donors (Lipinski definition) is 1. The standard InChI is InChI=1S/C15H17F3N2/c1-2-5-14(6-7-14)10-20-12-4-3-11(9-19)13(8-12)15(16,17)18/h3-4,8,20H,2,5-7,10H2,1H3. The van der Waals surface area contributed by atoms with Crippen molar-refractivity contribution in [2.24, 2.45) is 5.41 Å². The fourth-order valence-corrected chi connectivity index (χ4v) is 2.50. The number of nitriles is 1. The molecule has 2 nitrogen and oxygen atoms in total. The highest BCUT2D eigenvalue weighted by Crippen LogP contribution is 2.49. The van der Waals surface area contributed by atoms with E-state index in [1.807, 2.05) is 0 Å². The first-order valence-corrected chi connectivity index (χ1v) is 6.75. The van der Waals surface area contributed by atoms with Gasteiger partial charge in [0, 0.05) is 12.2 Å². The zero-order valence-corrected chi connectivity index (χ0v) is 11.3. The first kappa shape index (κ1) is 14.7. The van der Waals surface area contributed by atoms with Crippen molar-refractivity contribution < 1.29 is 13.2 Å². The van der Waals surface area contributed by atoms with Crippen molar-refractivity contribution in [2.45, 2.75) is 38.8 Å². The van der Waals surface area contributed by atoms with Gasteiger partial charge >= 0.3 is 6.18 Å². The molecule has 5 heteroatoms. The van der Waals surface area contributed by atoms with Crippen molar-refractivity contribution in [1.29, 1.82) is 5.26 Å². The number of nitrogens with zero attached hydrogens (tertiary/aromatic N) is 1. The number of rotatable bonds is 5. The summed E-state index contributed by atoms with van der Waals surface area (Å²) in [5.41, 5.74) is -0.511. The summed E-state index contributed by atoms with van der Waals surface area (Å²) in [7, 11) is 0. The van der Waals surface area contributed by atoms with Gasteiger partial charge < -0.3 is 5.32 Å². The first-order valence-electron chi connectivity index (χ1n) is 6.75. The number of anilines is 1. The normalized spacial score (nSPS) is 16.6. The fraction of sp³-hybridized carbons (Fsp3) is 0.533. The molecule has 0 saturated heterocycles. The minimum Gasteiger partial charge on any atom is -0.384 e. The average molecular weight is 282 g/mol. The molecule has 1 aromatic carbocycles. The van der Waals surface area contributed by atoms with Gasteiger partial charge in [-0.2, -0.15) is 18.4 Å². The van der Waals surface area contributed by atoms with Crippen LogP contribution in [0.3, 0.4) is 0 Å². The van der Waals surface area contributed by atoms with Gasteiger partial charge in [0.2, 0.25) is 0 Å². The lowest BCUT2D eigenvalue weighted by Crippen LogP contribution is -2.16. The number of nitrogens with one attached hydrogen (secondary N) is 1. The minimum absolute atomic E-state index is 0.265. The Morgan fingerprint density at radius 1 is 1.35 bits per heavy atom. The molecule has 0 bridgehead atoms. The van der Waals surface area contributed by atoms with Crippen molar-refractivity contribution in [3.63, 3.8) is 0 Å². The van der Waals surface area contributed by atoms with E-state index in [1.165, 1.54) is 12.1 Å². The van der Waals surface area contributed by atoms with Crippen LogP contribution in [-0.2, 0) is 6.18 Å². The molecule has 0 aromatic heterocycles. The van der Waals surface area contributed by atoms with Gasteiger partial charge in [-0.05, 0) is 42.9 Å². The molecule has 0 radical (unpaired) electrons. The molecule has 1 aliphatic carbocycles. The molecule has 0 spiro atoms. The number of benzene rings is 1. The zero-order valence-electron chi connectivity index (χ0n) is 11.3. The number of halogens is 3. The van der Waals surface area contributed by atoms with Crippen LogP contribution in [-0.4, -0.2) is 6.54 Å². The maximum Gasteiger partial charge on any atom is 0.417 e. The van der Waals surface area contributed by atoms with Gasteiger partial charge in [-0.15, -0.1) is 0 Å². The van der Waals surface area contributed by atoms with E-state index in [-0.39, 0.29) is 11.0 Å². The summed E-state index contributed by atoms with van der Waals surface area (Å²) in [6.07, 6.45) is -0.0405. The van der Waals surface area contributed by atoms with E-state index in [9.17, 15) is 13.2 Å². The van der Waals surface area contributed by atoms with Gasteiger partial charge in [0.15, 0.2) is 0 Å². The Labute approximate surface area is 116 Å². The summed E-state index contributed by atoms with van der Waals surface area (Å²) in [4.78, 5) is 0. The van der Waals surface area contributed by atoms with E-state index in [1.54, 1.807) is 6.07 Å². The second-order valence-electron chi connectivity index (χ2n) is 5.47. The van der Waals surface area contributed by atoms with Gasteiger partial charge in [0.05, 0.1) is 17.2 Å². The number of alkyl halides is 3. The molecule has 2 rings (SSSR count). The van der Waals surface area contributed by atoms with Gasteiger partial charge in [0.1, 0.15) is 0 Å². The molecule has 0 amide bonds. The van der Waals surface area contributed by atoms with Crippen molar-refractivity contribution in [2.75, 3.05) is 11.9 Å².